The van der Waals surface area contributed by atoms with Crippen molar-refractivity contribution < 1.29 is 38.5 Å². The van der Waals surface area contributed by atoms with Gasteiger partial charge in [-0.1, -0.05) is 18.2 Å². The Kier molecular flexibility index (Phi) is 6.32. The Morgan fingerprint density at radius 3 is 2.60 bits per heavy atom. The summed E-state index contributed by atoms with van der Waals surface area (Å²) in [5.41, 5.74) is -1.70. The van der Waals surface area contributed by atoms with Gasteiger partial charge in [-0.2, -0.15) is 0 Å². The van der Waals surface area contributed by atoms with E-state index in [2.05, 4.69) is 5.32 Å². The molecule has 1 aromatic carbocycles. The second-order valence-corrected chi connectivity index (χ2v) is 7.53. The van der Waals surface area contributed by atoms with E-state index in [0.29, 0.717) is 5.75 Å². The average molecular weight is 436 g/mol. The number of aliphatic carboxylic acids is 1. The van der Waals surface area contributed by atoms with Gasteiger partial charge in [0.2, 0.25) is 0 Å². The van der Waals surface area contributed by atoms with Crippen LogP contribution in [-0.4, -0.2) is 70.9 Å². The lowest BCUT2D eigenvalue weighted by molar-refractivity contribution is -0.193. The zero-order chi connectivity index (χ0) is 21.9. The molecule has 2 amide bonds. The Balaban J connectivity index is 1.74. The standard InChI is InChI=1S/C19H20N2O8S/c1-11(22)28-8-12-10-30-18-19(27-2,17(26)21(18)15(12)16(24)25)20-14(23)9-29-13-6-4-3-5-7-13/h3-7,18H,8-10H2,1-2H3,(H,20,23)(H,24,25)/t18-,19-/m1/s1. The van der Waals surface area contributed by atoms with Gasteiger partial charge < -0.3 is 24.6 Å². The molecule has 1 fully saturated rings. The minimum atomic E-state index is -1.71. The van der Waals surface area contributed by atoms with E-state index in [1.807, 2.05) is 0 Å². The van der Waals surface area contributed by atoms with E-state index < -0.39 is 34.9 Å². The first kappa shape index (κ1) is 21.7. The molecule has 2 N–H and O–H groups in total. The first-order chi connectivity index (χ1) is 14.3. The summed E-state index contributed by atoms with van der Waals surface area (Å²) in [7, 11) is 1.26. The van der Waals surface area contributed by atoms with Crippen LogP contribution < -0.4 is 10.1 Å². The van der Waals surface area contributed by atoms with E-state index in [1.54, 1.807) is 30.3 Å². The molecule has 0 radical (unpaired) electrons. The Bertz CT molecular complexity index is 903. The number of hydrogen-bond acceptors (Lipinski definition) is 8. The van der Waals surface area contributed by atoms with Gasteiger partial charge in [0.1, 0.15) is 23.4 Å². The van der Waals surface area contributed by atoms with Crippen molar-refractivity contribution in [2.24, 2.45) is 0 Å². The number of para-hydroxylation sites is 1. The quantitative estimate of drug-likeness (QED) is 0.336. The largest absolute Gasteiger partial charge is 0.484 e. The third-order valence-corrected chi connectivity index (χ3v) is 5.90. The highest BCUT2D eigenvalue weighted by molar-refractivity contribution is 8.00. The van der Waals surface area contributed by atoms with Gasteiger partial charge in [0.25, 0.3) is 17.5 Å². The van der Waals surface area contributed by atoms with Crippen LogP contribution in [0.1, 0.15) is 6.92 Å². The summed E-state index contributed by atoms with van der Waals surface area (Å²) < 4.78 is 15.6. The molecule has 2 atom stereocenters. The number of carboxylic acid groups (broad SMARTS) is 1. The molecule has 0 aromatic heterocycles. The highest BCUT2D eigenvalue weighted by atomic mass is 32.2. The lowest BCUT2D eigenvalue weighted by atomic mass is 9.98. The maximum atomic E-state index is 12.9. The molecule has 2 heterocycles. The van der Waals surface area contributed by atoms with Crippen LogP contribution in [0.25, 0.3) is 0 Å². The van der Waals surface area contributed by atoms with Gasteiger partial charge in [0, 0.05) is 25.4 Å². The lowest BCUT2D eigenvalue weighted by Gasteiger charge is -2.55. The van der Waals surface area contributed by atoms with Crippen LogP contribution in [0, 0.1) is 0 Å². The molecule has 3 rings (SSSR count). The zero-order valence-corrected chi connectivity index (χ0v) is 17.1. The smallest absolute Gasteiger partial charge is 0.352 e. The number of ether oxygens (including phenoxy) is 3. The number of methoxy groups -OCH3 is 1. The SMILES string of the molecule is CO[C@]1(NC(=O)COc2ccccc2)C(=O)N2C(C(=O)O)=C(COC(C)=O)CS[C@@H]21. The van der Waals surface area contributed by atoms with Gasteiger partial charge in [-0.25, -0.2) is 4.79 Å². The predicted octanol–water partition coefficient (Wildman–Crippen LogP) is 0.341. The fourth-order valence-electron chi connectivity index (χ4n) is 3.15. The van der Waals surface area contributed by atoms with Crippen LogP contribution in [0.2, 0.25) is 0 Å². The van der Waals surface area contributed by atoms with E-state index >= 15 is 0 Å². The Labute approximate surface area is 176 Å². The van der Waals surface area contributed by atoms with Crippen LogP contribution in [0.15, 0.2) is 41.6 Å². The number of fused-ring (bicyclic) bond motifs is 1. The van der Waals surface area contributed by atoms with Crippen LogP contribution in [0.3, 0.4) is 0 Å². The summed E-state index contributed by atoms with van der Waals surface area (Å²) in [5, 5.41) is 11.3. The van der Waals surface area contributed by atoms with Gasteiger partial charge in [0.15, 0.2) is 6.61 Å². The van der Waals surface area contributed by atoms with Crippen molar-refractivity contribution in [1.82, 2.24) is 10.2 Å². The van der Waals surface area contributed by atoms with Crippen molar-refractivity contribution in [3.63, 3.8) is 0 Å². The molecule has 2 aliphatic heterocycles. The highest BCUT2D eigenvalue weighted by Crippen LogP contribution is 2.46. The summed E-state index contributed by atoms with van der Waals surface area (Å²) in [6, 6.07) is 8.67. The van der Waals surface area contributed by atoms with E-state index in [1.165, 1.54) is 25.8 Å². The second-order valence-electron chi connectivity index (χ2n) is 6.47. The van der Waals surface area contributed by atoms with Crippen LogP contribution in [-0.2, 0) is 28.7 Å². The molecular formula is C19H20N2O8S. The third-order valence-electron chi connectivity index (χ3n) is 4.52. The summed E-state index contributed by atoms with van der Waals surface area (Å²) in [4.78, 5) is 49.1. The minimum absolute atomic E-state index is 0.185. The topological polar surface area (TPSA) is 131 Å². The molecule has 0 saturated carbocycles. The number of carbonyl (C=O) groups excluding carboxylic acids is 3. The van der Waals surface area contributed by atoms with Crippen molar-refractivity contribution >= 4 is 35.5 Å². The number of nitrogens with zero attached hydrogens (tertiary/aromatic N) is 1. The van der Waals surface area contributed by atoms with Gasteiger partial charge in [0.05, 0.1) is 0 Å². The van der Waals surface area contributed by atoms with Crippen LogP contribution in [0.5, 0.6) is 5.75 Å². The zero-order valence-electron chi connectivity index (χ0n) is 16.2. The monoisotopic (exact) mass is 436 g/mol. The summed E-state index contributed by atoms with van der Waals surface area (Å²) in [6.07, 6.45) is 0. The Morgan fingerprint density at radius 1 is 1.30 bits per heavy atom. The molecule has 11 heteroatoms. The maximum Gasteiger partial charge on any atom is 0.352 e. The number of carbonyl (C=O) groups is 4. The van der Waals surface area contributed by atoms with Crippen LogP contribution in [0.4, 0.5) is 0 Å². The van der Waals surface area contributed by atoms with Crippen molar-refractivity contribution in [2.75, 3.05) is 26.1 Å². The number of amides is 2. The van der Waals surface area contributed by atoms with Crippen molar-refractivity contribution in [3.8, 4) is 5.75 Å². The molecule has 10 nitrogen and oxygen atoms in total. The fraction of sp³-hybridized carbons (Fsp3) is 0.368. The summed E-state index contributed by atoms with van der Waals surface area (Å²) in [6.45, 7) is 0.619. The molecule has 1 aromatic rings. The van der Waals surface area contributed by atoms with Gasteiger partial charge >= 0.3 is 11.9 Å². The number of thioether (sulfide) groups is 1. The number of β-lactam (4-membered cyclic amide) rings is 1. The number of hydrogen-bond donors (Lipinski definition) is 2. The number of benzene rings is 1. The molecule has 0 bridgehead atoms. The number of nitrogens with one attached hydrogen (secondary N) is 1. The van der Waals surface area contributed by atoms with Gasteiger partial charge in [-0.05, 0) is 12.1 Å². The van der Waals surface area contributed by atoms with Crippen LogP contribution >= 0.6 is 11.8 Å². The van der Waals surface area contributed by atoms with E-state index in [9.17, 15) is 24.3 Å². The minimum Gasteiger partial charge on any atom is -0.484 e. The molecule has 0 aliphatic carbocycles. The summed E-state index contributed by atoms with van der Waals surface area (Å²) >= 11 is 1.20. The Hall–Kier alpha value is -3.05. The third kappa shape index (κ3) is 3.98. The highest BCUT2D eigenvalue weighted by Gasteiger charge is 2.66. The predicted molar refractivity (Wildman–Crippen MR) is 104 cm³/mol. The van der Waals surface area contributed by atoms with Crippen molar-refractivity contribution in [1.29, 1.82) is 0 Å². The number of esters is 1. The van der Waals surface area contributed by atoms with Crippen molar-refractivity contribution in [2.45, 2.75) is 18.0 Å². The van der Waals surface area contributed by atoms with Crippen molar-refractivity contribution in [3.05, 3.63) is 41.6 Å². The second kappa shape index (κ2) is 8.76. The first-order valence-electron chi connectivity index (χ1n) is 8.88. The normalized spacial score (nSPS) is 22.7. The average Bonchev–Trinajstić information content (AvgIpc) is 2.74. The number of rotatable bonds is 8. The molecule has 0 unspecified atom stereocenters. The lowest BCUT2D eigenvalue weighted by Crippen LogP contribution is -2.81. The summed E-state index contributed by atoms with van der Waals surface area (Å²) in [5.74, 6) is -2.55. The molecule has 1 saturated heterocycles. The first-order valence-corrected chi connectivity index (χ1v) is 9.93. The van der Waals surface area contributed by atoms with E-state index in [-0.39, 0.29) is 30.2 Å². The maximum absolute atomic E-state index is 12.9. The molecule has 160 valence electrons. The molecule has 30 heavy (non-hydrogen) atoms. The molecule has 0 spiro atoms. The molecular weight excluding hydrogens is 416 g/mol. The number of carboxylic acids is 1. The van der Waals surface area contributed by atoms with Gasteiger partial charge in [-0.15, -0.1) is 11.8 Å². The molecule has 2 aliphatic rings. The Morgan fingerprint density at radius 2 is 2.00 bits per heavy atom. The van der Waals surface area contributed by atoms with E-state index in [4.69, 9.17) is 14.2 Å². The fourth-order valence-corrected chi connectivity index (χ4v) is 4.57. The van der Waals surface area contributed by atoms with Gasteiger partial charge in [-0.3, -0.25) is 19.3 Å². The van der Waals surface area contributed by atoms with E-state index in [0.717, 1.165) is 4.90 Å².